The molecule has 2 aromatic carbocycles. The lowest BCUT2D eigenvalue weighted by atomic mass is 10.1. The summed E-state index contributed by atoms with van der Waals surface area (Å²) < 4.78 is 5.02. The molecule has 32 heavy (non-hydrogen) atoms. The molecule has 0 bridgehead atoms. The molecular formula is C23H22ClN5O3. The van der Waals surface area contributed by atoms with E-state index in [1.54, 1.807) is 52.3 Å². The molecule has 2 heterocycles. The van der Waals surface area contributed by atoms with Gasteiger partial charge in [0, 0.05) is 54.1 Å². The number of anilines is 1. The van der Waals surface area contributed by atoms with E-state index in [1.807, 2.05) is 18.2 Å². The first-order valence-corrected chi connectivity index (χ1v) is 10.5. The molecule has 8 nitrogen and oxygen atoms in total. The Morgan fingerprint density at radius 2 is 1.53 bits per heavy atom. The second-order valence-electron chi connectivity index (χ2n) is 7.25. The first kappa shape index (κ1) is 21.6. The van der Waals surface area contributed by atoms with Crippen molar-refractivity contribution in [3.8, 4) is 17.1 Å². The summed E-state index contributed by atoms with van der Waals surface area (Å²) in [4.78, 5) is 28.8. The number of hydrogen-bond donors (Lipinski definition) is 1. The van der Waals surface area contributed by atoms with Gasteiger partial charge in [0.15, 0.2) is 0 Å². The van der Waals surface area contributed by atoms with Crippen molar-refractivity contribution in [3.63, 3.8) is 0 Å². The Balaban J connectivity index is 1.32. The lowest BCUT2D eigenvalue weighted by Gasteiger charge is -2.34. The molecule has 0 spiro atoms. The second-order valence-corrected chi connectivity index (χ2v) is 7.69. The minimum atomic E-state index is -0.190. The Morgan fingerprint density at radius 3 is 2.12 bits per heavy atom. The Hall–Kier alpha value is -3.65. The molecule has 0 radical (unpaired) electrons. The molecule has 0 atom stereocenters. The molecular weight excluding hydrogens is 430 g/mol. The minimum Gasteiger partial charge on any atom is -0.480 e. The molecule has 0 aliphatic carbocycles. The molecule has 1 aromatic heterocycles. The zero-order valence-electron chi connectivity index (χ0n) is 17.5. The minimum absolute atomic E-state index is 0.0601. The number of ether oxygens (including phenoxy) is 1. The molecule has 164 valence electrons. The smallest absolute Gasteiger partial charge is 0.321 e. The van der Waals surface area contributed by atoms with Crippen LogP contribution in [-0.2, 0) is 0 Å². The number of halogens is 1. The van der Waals surface area contributed by atoms with Gasteiger partial charge in [-0.1, -0.05) is 23.7 Å². The third-order valence-electron chi connectivity index (χ3n) is 5.23. The van der Waals surface area contributed by atoms with Crippen molar-refractivity contribution in [2.75, 3.05) is 38.6 Å². The van der Waals surface area contributed by atoms with Crippen molar-refractivity contribution in [2.45, 2.75) is 0 Å². The summed E-state index contributed by atoms with van der Waals surface area (Å²) in [6.07, 6.45) is 0. The van der Waals surface area contributed by atoms with Crippen LogP contribution in [0.5, 0.6) is 5.88 Å². The summed E-state index contributed by atoms with van der Waals surface area (Å²) >= 11 is 5.87. The third kappa shape index (κ3) is 4.97. The number of urea groups is 1. The van der Waals surface area contributed by atoms with Crippen LogP contribution in [0.2, 0.25) is 5.02 Å². The number of carbonyl (C=O) groups excluding carboxylic acids is 2. The van der Waals surface area contributed by atoms with E-state index in [1.165, 1.54) is 7.11 Å². The van der Waals surface area contributed by atoms with Gasteiger partial charge in [0.05, 0.1) is 12.8 Å². The second kappa shape index (κ2) is 9.65. The maximum absolute atomic E-state index is 12.9. The highest BCUT2D eigenvalue weighted by atomic mass is 35.5. The monoisotopic (exact) mass is 451 g/mol. The molecule has 3 aromatic rings. The highest BCUT2D eigenvalue weighted by Crippen LogP contribution is 2.20. The highest BCUT2D eigenvalue weighted by molar-refractivity contribution is 6.30. The fourth-order valence-corrected chi connectivity index (χ4v) is 3.52. The summed E-state index contributed by atoms with van der Waals surface area (Å²) in [5.41, 5.74) is 2.83. The molecule has 3 amide bonds. The van der Waals surface area contributed by atoms with E-state index in [2.05, 4.69) is 15.5 Å². The maximum atomic E-state index is 12.9. The van der Waals surface area contributed by atoms with Crippen LogP contribution in [0.1, 0.15) is 10.4 Å². The van der Waals surface area contributed by atoms with Gasteiger partial charge in [0.25, 0.3) is 5.91 Å². The lowest BCUT2D eigenvalue weighted by molar-refractivity contribution is 0.0671. The van der Waals surface area contributed by atoms with E-state index in [9.17, 15) is 9.59 Å². The average molecular weight is 452 g/mol. The van der Waals surface area contributed by atoms with Crippen molar-refractivity contribution in [2.24, 2.45) is 0 Å². The van der Waals surface area contributed by atoms with Crippen molar-refractivity contribution in [1.82, 2.24) is 20.0 Å². The van der Waals surface area contributed by atoms with Crippen LogP contribution in [0.15, 0.2) is 60.7 Å². The molecule has 1 saturated heterocycles. The molecule has 0 unspecified atom stereocenters. The van der Waals surface area contributed by atoms with Gasteiger partial charge in [-0.05, 0) is 42.5 Å². The number of benzene rings is 2. The highest BCUT2D eigenvalue weighted by Gasteiger charge is 2.25. The topological polar surface area (TPSA) is 87.7 Å². The SMILES string of the molecule is COc1ccc(-c2ccc(C(=O)N3CCN(C(=O)Nc4ccc(Cl)cc4)CC3)cc2)nn1. The van der Waals surface area contributed by atoms with Crippen molar-refractivity contribution >= 4 is 29.2 Å². The first-order valence-electron chi connectivity index (χ1n) is 10.1. The van der Waals surface area contributed by atoms with Gasteiger partial charge in [-0.15, -0.1) is 10.2 Å². The summed E-state index contributed by atoms with van der Waals surface area (Å²) in [7, 11) is 1.54. The van der Waals surface area contributed by atoms with Gasteiger partial charge < -0.3 is 19.9 Å². The van der Waals surface area contributed by atoms with Gasteiger partial charge in [-0.2, -0.15) is 0 Å². The Kier molecular flexibility index (Phi) is 6.51. The van der Waals surface area contributed by atoms with Crippen molar-refractivity contribution < 1.29 is 14.3 Å². The van der Waals surface area contributed by atoms with Crippen molar-refractivity contribution in [3.05, 3.63) is 71.2 Å². The third-order valence-corrected chi connectivity index (χ3v) is 5.48. The predicted octanol–water partition coefficient (Wildman–Crippen LogP) is 3.80. The predicted molar refractivity (Wildman–Crippen MR) is 122 cm³/mol. The molecule has 9 heteroatoms. The van der Waals surface area contributed by atoms with E-state index < -0.39 is 0 Å². The Morgan fingerprint density at radius 1 is 0.875 bits per heavy atom. The molecule has 1 aliphatic rings. The normalized spacial score (nSPS) is 13.6. The van der Waals surface area contributed by atoms with E-state index in [-0.39, 0.29) is 11.9 Å². The fourth-order valence-electron chi connectivity index (χ4n) is 3.40. The number of nitrogens with one attached hydrogen (secondary N) is 1. The van der Waals surface area contributed by atoms with E-state index in [4.69, 9.17) is 16.3 Å². The number of amides is 3. The summed E-state index contributed by atoms with van der Waals surface area (Å²) in [5, 5.41) is 11.5. The summed E-state index contributed by atoms with van der Waals surface area (Å²) in [6.45, 7) is 1.87. The van der Waals surface area contributed by atoms with E-state index in [0.29, 0.717) is 54.0 Å². The molecule has 1 fully saturated rings. The summed E-state index contributed by atoms with van der Waals surface area (Å²) in [6, 6.07) is 17.6. The lowest BCUT2D eigenvalue weighted by Crippen LogP contribution is -2.51. The summed E-state index contributed by atoms with van der Waals surface area (Å²) in [5.74, 6) is 0.386. The standard InChI is InChI=1S/C23H22ClN5O3/c1-32-21-11-10-20(26-27-21)16-2-4-17(5-3-16)22(30)28-12-14-29(15-13-28)23(31)25-19-8-6-18(24)7-9-19/h2-11H,12-15H2,1H3,(H,25,31). The van der Waals surface area contributed by atoms with Gasteiger partial charge in [0.1, 0.15) is 0 Å². The number of aromatic nitrogens is 2. The maximum Gasteiger partial charge on any atom is 0.321 e. The van der Waals surface area contributed by atoms with Crippen LogP contribution in [0, 0.1) is 0 Å². The van der Waals surface area contributed by atoms with Crippen LogP contribution in [0.3, 0.4) is 0 Å². The number of nitrogens with zero attached hydrogens (tertiary/aromatic N) is 4. The van der Waals surface area contributed by atoms with E-state index in [0.717, 1.165) is 5.56 Å². The van der Waals surface area contributed by atoms with Crippen LogP contribution in [0.25, 0.3) is 11.3 Å². The van der Waals surface area contributed by atoms with Gasteiger partial charge in [-0.3, -0.25) is 4.79 Å². The first-order chi connectivity index (χ1) is 15.5. The van der Waals surface area contributed by atoms with E-state index >= 15 is 0 Å². The van der Waals surface area contributed by atoms with Crippen LogP contribution < -0.4 is 10.1 Å². The van der Waals surface area contributed by atoms with Gasteiger partial charge in [-0.25, -0.2) is 4.79 Å². The quantitative estimate of drug-likeness (QED) is 0.652. The zero-order valence-corrected chi connectivity index (χ0v) is 18.2. The zero-order chi connectivity index (χ0) is 22.5. The Labute approximate surface area is 190 Å². The van der Waals surface area contributed by atoms with Gasteiger partial charge >= 0.3 is 6.03 Å². The molecule has 4 rings (SSSR count). The number of rotatable bonds is 4. The Bertz CT molecular complexity index is 1080. The fraction of sp³-hybridized carbons (Fsp3) is 0.217. The molecule has 1 N–H and O–H groups in total. The van der Waals surface area contributed by atoms with Crippen molar-refractivity contribution in [1.29, 1.82) is 0 Å². The number of piperazine rings is 1. The number of hydrogen-bond acceptors (Lipinski definition) is 5. The van der Waals surface area contributed by atoms with Crippen LogP contribution >= 0.6 is 11.6 Å². The molecule has 0 saturated carbocycles. The number of methoxy groups -OCH3 is 1. The number of carbonyl (C=O) groups is 2. The van der Waals surface area contributed by atoms with Gasteiger partial charge in [0.2, 0.25) is 5.88 Å². The average Bonchev–Trinajstić information content (AvgIpc) is 2.85. The van der Waals surface area contributed by atoms with Crippen LogP contribution in [0.4, 0.5) is 10.5 Å². The molecule has 1 aliphatic heterocycles. The largest absolute Gasteiger partial charge is 0.480 e. The van der Waals surface area contributed by atoms with Crippen LogP contribution in [-0.4, -0.2) is 65.2 Å².